The largest absolute Gasteiger partial charge is 0.328 e. The first-order valence-corrected chi connectivity index (χ1v) is 7.05. The van der Waals surface area contributed by atoms with Crippen LogP contribution in [-0.4, -0.2) is 15.6 Å². The number of nitrogens with two attached hydrogens (primary N) is 1. The Balaban J connectivity index is 1.91. The number of hydrogen-bond acceptors (Lipinski definition) is 3. The van der Waals surface area contributed by atoms with E-state index < -0.39 is 0 Å². The molecule has 2 N–H and O–H groups in total. The molecule has 1 fully saturated rings. The molecule has 3 nitrogen and oxygen atoms in total. The van der Waals surface area contributed by atoms with Crippen LogP contribution in [0.4, 0.5) is 0 Å². The average Bonchev–Trinajstić information content (AvgIpc) is 3.00. The lowest BCUT2D eigenvalue weighted by Gasteiger charge is -2.28. The maximum absolute atomic E-state index is 6.07. The highest BCUT2D eigenvalue weighted by molar-refractivity contribution is 7.13. The molecular formula is C13H17N3S. The van der Waals surface area contributed by atoms with Gasteiger partial charge in [0.2, 0.25) is 0 Å². The summed E-state index contributed by atoms with van der Waals surface area (Å²) in [6.07, 6.45) is 8.69. The minimum atomic E-state index is 0.354. The Morgan fingerprint density at radius 2 is 2.35 bits per heavy atom. The van der Waals surface area contributed by atoms with Gasteiger partial charge in [0.1, 0.15) is 5.82 Å². The third-order valence-corrected chi connectivity index (χ3v) is 4.36. The van der Waals surface area contributed by atoms with Crippen LogP contribution < -0.4 is 5.73 Å². The van der Waals surface area contributed by atoms with E-state index in [1.165, 1.54) is 24.1 Å². The maximum Gasteiger partial charge on any atom is 0.150 e. The van der Waals surface area contributed by atoms with Crippen LogP contribution in [0.5, 0.6) is 0 Å². The SMILES string of the molecule is NC1CCCC(n2ccnc2-c2cccs2)C1. The van der Waals surface area contributed by atoms with Crippen LogP contribution >= 0.6 is 11.3 Å². The number of thiophene rings is 1. The van der Waals surface area contributed by atoms with Crippen molar-refractivity contribution in [2.24, 2.45) is 5.73 Å². The Labute approximate surface area is 105 Å². The van der Waals surface area contributed by atoms with Crippen molar-refractivity contribution in [2.75, 3.05) is 0 Å². The molecule has 0 bridgehead atoms. The van der Waals surface area contributed by atoms with Crippen molar-refractivity contribution in [3.8, 4) is 10.7 Å². The molecule has 3 rings (SSSR count). The molecule has 1 aliphatic rings. The summed E-state index contributed by atoms with van der Waals surface area (Å²) in [5, 5.41) is 2.10. The molecule has 0 radical (unpaired) electrons. The van der Waals surface area contributed by atoms with Crippen molar-refractivity contribution in [2.45, 2.75) is 37.8 Å². The quantitative estimate of drug-likeness (QED) is 0.886. The Kier molecular flexibility index (Phi) is 2.99. The molecule has 0 aliphatic heterocycles. The van der Waals surface area contributed by atoms with Crippen molar-refractivity contribution in [3.63, 3.8) is 0 Å². The zero-order valence-electron chi connectivity index (χ0n) is 9.75. The van der Waals surface area contributed by atoms with Gasteiger partial charge in [0.15, 0.2) is 0 Å². The molecule has 2 atom stereocenters. The molecule has 17 heavy (non-hydrogen) atoms. The van der Waals surface area contributed by atoms with Crippen molar-refractivity contribution in [3.05, 3.63) is 29.9 Å². The molecule has 4 heteroatoms. The van der Waals surface area contributed by atoms with Crippen LogP contribution in [0, 0.1) is 0 Å². The summed E-state index contributed by atoms with van der Waals surface area (Å²) in [7, 11) is 0. The second-order valence-electron chi connectivity index (χ2n) is 4.72. The highest BCUT2D eigenvalue weighted by Gasteiger charge is 2.22. The summed E-state index contributed by atoms with van der Waals surface area (Å²) in [5.74, 6) is 1.10. The van der Waals surface area contributed by atoms with Crippen molar-refractivity contribution >= 4 is 11.3 Å². The predicted molar refractivity (Wildman–Crippen MR) is 71.0 cm³/mol. The summed E-state index contributed by atoms with van der Waals surface area (Å²) in [6.45, 7) is 0. The molecule has 2 aromatic rings. The molecule has 1 aliphatic carbocycles. The molecule has 0 spiro atoms. The lowest BCUT2D eigenvalue weighted by molar-refractivity contribution is 0.322. The van der Waals surface area contributed by atoms with Crippen LogP contribution in [0.3, 0.4) is 0 Å². The number of nitrogens with zero attached hydrogens (tertiary/aromatic N) is 2. The van der Waals surface area contributed by atoms with Crippen molar-refractivity contribution in [1.82, 2.24) is 9.55 Å². The number of aromatic nitrogens is 2. The summed E-state index contributed by atoms with van der Waals surface area (Å²) >= 11 is 1.75. The Hall–Kier alpha value is -1.13. The van der Waals surface area contributed by atoms with Crippen LogP contribution in [0.15, 0.2) is 29.9 Å². The standard InChI is InChI=1S/C13H17N3S/c14-10-3-1-4-11(9-10)16-7-6-15-13(16)12-5-2-8-17-12/h2,5-8,10-11H,1,3-4,9,14H2. The molecule has 2 aromatic heterocycles. The minimum Gasteiger partial charge on any atom is -0.328 e. The van der Waals surface area contributed by atoms with Crippen molar-refractivity contribution < 1.29 is 0 Å². The third-order valence-electron chi connectivity index (χ3n) is 3.49. The average molecular weight is 247 g/mol. The van der Waals surface area contributed by atoms with Gasteiger partial charge in [-0.1, -0.05) is 6.07 Å². The highest BCUT2D eigenvalue weighted by Crippen LogP contribution is 2.32. The van der Waals surface area contributed by atoms with Crippen LogP contribution in [0.1, 0.15) is 31.7 Å². The van der Waals surface area contributed by atoms with E-state index in [2.05, 4.69) is 33.3 Å². The van der Waals surface area contributed by atoms with E-state index in [1.807, 2.05) is 6.20 Å². The van der Waals surface area contributed by atoms with E-state index in [-0.39, 0.29) is 0 Å². The van der Waals surface area contributed by atoms with Gasteiger partial charge in [-0.25, -0.2) is 4.98 Å². The molecule has 0 saturated heterocycles. The summed E-state index contributed by atoms with van der Waals surface area (Å²) in [6, 6.07) is 5.09. The fraction of sp³-hybridized carbons (Fsp3) is 0.462. The van der Waals surface area contributed by atoms with Crippen LogP contribution in [-0.2, 0) is 0 Å². The number of rotatable bonds is 2. The van der Waals surface area contributed by atoms with Gasteiger partial charge in [0, 0.05) is 24.5 Å². The summed E-state index contributed by atoms with van der Waals surface area (Å²) in [5.41, 5.74) is 6.07. The highest BCUT2D eigenvalue weighted by atomic mass is 32.1. The van der Waals surface area contributed by atoms with Gasteiger partial charge in [0.05, 0.1) is 4.88 Å². The second-order valence-corrected chi connectivity index (χ2v) is 5.66. The lowest BCUT2D eigenvalue weighted by atomic mass is 9.91. The first kappa shape index (κ1) is 11.0. The maximum atomic E-state index is 6.07. The molecule has 90 valence electrons. The Bertz CT molecular complexity index is 475. The first-order valence-electron chi connectivity index (χ1n) is 6.17. The van der Waals surface area contributed by atoms with E-state index in [0.29, 0.717) is 12.1 Å². The Morgan fingerprint density at radius 3 is 3.12 bits per heavy atom. The van der Waals surface area contributed by atoms with Gasteiger partial charge in [0.25, 0.3) is 0 Å². The fourth-order valence-corrected chi connectivity index (χ4v) is 3.38. The predicted octanol–water partition coefficient (Wildman–Crippen LogP) is 3.05. The zero-order valence-corrected chi connectivity index (χ0v) is 10.6. The molecule has 0 aromatic carbocycles. The topological polar surface area (TPSA) is 43.8 Å². The number of imidazole rings is 1. The fourth-order valence-electron chi connectivity index (χ4n) is 2.66. The van der Waals surface area contributed by atoms with Gasteiger partial charge < -0.3 is 10.3 Å². The van der Waals surface area contributed by atoms with Gasteiger partial charge in [-0.05, 0) is 37.1 Å². The second kappa shape index (κ2) is 4.63. The molecule has 2 heterocycles. The van der Waals surface area contributed by atoms with Gasteiger partial charge in [-0.2, -0.15) is 0 Å². The summed E-state index contributed by atoms with van der Waals surface area (Å²) in [4.78, 5) is 5.74. The van der Waals surface area contributed by atoms with Gasteiger partial charge in [-0.15, -0.1) is 11.3 Å². The minimum absolute atomic E-state index is 0.354. The van der Waals surface area contributed by atoms with Crippen molar-refractivity contribution in [1.29, 1.82) is 0 Å². The van der Waals surface area contributed by atoms with Crippen LogP contribution in [0.25, 0.3) is 10.7 Å². The molecule has 0 amide bonds. The van der Waals surface area contributed by atoms with Crippen LogP contribution in [0.2, 0.25) is 0 Å². The Morgan fingerprint density at radius 1 is 1.41 bits per heavy atom. The smallest absolute Gasteiger partial charge is 0.150 e. The van der Waals surface area contributed by atoms with Gasteiger partial charge in [-0.3, -0.25) is 0 Å². The lowest BCUT2D eigenvalue weighted by Crippen LogP contribution is -2.29. The van der Waals surface area contributed by atoms with E-state index in [0.717, 1.165) is 12.2 Å². The molecular weight excluding hydrogens is 230 g/mol. The third kappa shape index (κ3) is 2.15. The normalized spacial score (nSPS) is 25.0. The first-order chi connectivity index (χ1) is 8.34. The number of hydrogen-bond donors (Lipinski definition) is 1. The van der Waals surface area contributed by atoms with Gasteiger partial charge >= 0.3 is 0 Å². The molecule has 1 saturated carbocycles. The van der Waals surface area contributed by atoms with E-state index >= 15 is 0 Å². The van der Waals surface area contributed by atoms with E-state index in [4.69, 9.17) is 5.73 Å². The monoisotopic (exact) mass is 247 g/mol. The zero-order chi connectivity index (χ0) is 11.7. The summed E-state index contributed by atoms with van der Waals surface area (Å²) < 4.78 is 2.31. The van der Waals surface area contributed by atoms with E-state index in [1.54, 1.807) is 11.3 Å². The van der Waals surface area contributed by atoms with E-state index in [9.17, 15) is 0 Å². The molecule has 2 unspecified atom stereocenters.